The predicted molar refractivity (Wildman–Crippen MR) is 104 cm³/mol. The highest BCUT2D eigenvalue weighted by atomic mass is 14.1. The maximum atomic E-state index is 2.47. The van der Waals surface area contributed by atoms with E-state index in [2.05, 4.69) is 20.8 Å². The van der Waals surface area contributed by atoms with Crippen molar-refractivity contribution in [2.75, 3.05) is 0 Å². The average Bonchev–Trinajstić information content (AvgIpc) is 2.52. The highest BCUT2D eigenvalue weighted by Crippen LogP contribution is 2.18. The minimum atomic E-state index is 0.972. The third-order valence-electron chi connectivity index (χ3n) is 5.10. The summed E-state index contributed by atoms with van der Waals surface area (Å²) in [4.78, 5) is 0. The lowest BCUT2D eigenvalue weighted by atomic mass is 9.96. The fourth-order valence-corrected chi connectivity index (χ4v) is 3.40. The summed E-state index contributed by atoms with van der Waals surface area (Å²) in [5.74, 6) is 0.972. The third-order valence-corrected chi connectivity index (χ3v) is 5.10. The number of unbranched alkanes of at least 4 members (excludes halogenated alkanes) is 14. The summed E-state index contributed by atoms with van der Waals surface area (Å²) in [6, 6.07) is 0. The molecule has 0 heterocycles. The molecule has 0 aromatic rings. The van der Waals surface area contributed by atoms with E-state index < -0.39 is 0 Å². The molecular weight excluding hydrogens is 264 g/mol. The third kappa shape index (κ3) is 18.1. The highest BCUT2D eigenvalue weighted by molar-refractivity contribution is 4.56. The van der Waals surface area contributed by atoms with Crippen LogP contribution in [0.15, 0.2) is 0 Å². The Morgan fingerprint density at radius 2 is 0.682 bits per heavy atom. The quantitative estimate of drug-likeness (QED) is 0.222. The van der Waals surface area contributed by atoms with Gasteiger partial charge in [0.05, 0.1) is 0 Å². The fraction of sp³-hybridized carbons (Fsp3) is 1.00. The van der Waals surface area contributed by atoms with Crippen LogP contribution in [0.5, 0.6) is 0 Å². The van der Waals surface area contributed by atoms with E-state index >= 15 is 0 Å². The highest BCUT2D eigenvalue weighted by Gasteiger charge is 2.02. The van der Waals surface area contributed by atoms with E-state index in [1.54, 1.807) is 0 Å². The monoisotopic (exact) mass is 310 g/mol. The molecule has 0 aliphatic heterocycles. The van der Waals surface area contributed by atoms with Gasteiger partial charge in [0.25, 0.3) is 0 Å². The number of hydrogen-bond acceptors (Lipinski definition) is 0. The molecule has 1 unspecified atom stereocenters. The molecule has 22 heavy (non-hydrogen) atoms. The van der Waals surface area contributed by atoms with Gasteiger partial charge in [-0.15, -0.1) is 0 Å². The van der Waals surface area contributed by atoms with Crippen LogP contribution in [0.4, 0.5) is 0 Å². The Hall–Kier alpha value is 0. The largest absolute Gasteiger partial charge is 0.0654 e. The minimum absolute atomic E-state index is 0.972. The lowest BCUT2D eigenvalue weighted by molar-refractivity contribution is 0.430. The molecule has 0 aromatic heterocycles. The Morgan fingerprint density at radius 3 is 1.00 bits per heavy atom. The molecule has 0 saturated heterocycles. The molecule has 1 atom stereocenters. The van der Waals surface area contributed by atoms with Gasteiger partial charge in [-0.25, -0.2) is 0 Å². The molecule has 0 fully saturated rings. The first-order valence-electron chi connectivity index (χ1n) is 10.8. The van der Waals surface area contributed by atoms with Crippen molar-refractivity contribution in [1.29, 1.82) is 0 Å². The Kier molecular flexibility index (Phi) is 19.0. The molecule has 0 N–H and O–H groups in total. The Labute approximate surface area is 142 Å². The summed E-state index contributed by atoms with van der Waals surface area (Å²) in [5, 5.41) is 0. The molecule has 0 radical (unpaired) electrons. The van der Waals surface area contributed by atoms with Gasteiger partial charge in [-0.05, 0) is 5.92 Å². The van der Waals surface area contributed by atoms with Crippen molar-refractivity contribution >= 4 is 0 Å². The molecule has 0 aliphatic carbocycles. The molecule has 0 aliphatic rings. The number of rotatable bonds is 18. The Morgan fingerprint density at radius 1 is 0.409 bits per heavy atom. The maximum Gasteiger partial charge on any atom is -0.0443 e. The smallest absolute Gasteiger partial charge is 0.0443 e. The van der Waals surface area contributed by atoms with Gasteiger partial charge in [0.1, 0.15) is 0 Å². The second-order valence-electron chi connectivity index (χ2n) is 7.63. The van der Waals surface area contributed by atoms with Gasteiger partial charge in [0.15, 0.2) is 0 Å². The minimum Gasteiger partial charge on any atom is -0.0654 e. The summed E-state index contributed by atoms with van der Waals surface area (Å²) in [6.45, 7) is 7.07. The van der Waals surface area contributed by atoms with Crippen molar-refractivity contribution in [3.63, 3.8) is 0 Å². The van der Waals surface area contributed by atoms with Crippen LogP contribution >= 0.6 is 0 Å². The second-order valence-corrected chi connectivity index (χ2v) is 7.63. The van der Waals surface area contributed by atoms with Crippen LogP contribution in [-0.2, 0) is 0 Å². The molecule has 0 aromatic carbocycles. The zero-order chi connectivity index (χ0) is 16.3. The van der Waals surface area contributed by atoms with E-state index in [-0.39, 0.29) is 0 Å². The van der Waals surface area contributed by atoms with Gasteiger partial charge < -0.3 is 0 Å². The summed E-state index contributed by atoms with van der Waals surface area (Å²) in [5.41, 5.74) is 0. The van der Waals surface area contributed by atoms with Crippen molar-refractivity contribution in [2.45, 2.75) is 136 Å². The van der Waals surface area contributed by atoms with E-state index in [0.717, 1.165) is 5.92 Å². The first-order chi connectivity index (χ1) is 10.8. The van der Waals surface area contributed by atoms with Gasteiger partial charge in [0.2, 0.25) is 0 Å². The molecule has 0 spiro atoms. The van der Waals surface area contributed by atoms with Crippen LogP contribution in [0.25, 0.3) is 0 Å². The van der Waals surface area contributed by atoms with Gasteiger partial charge >= 0.3 is 0 Å². The molecule has 0 nitrogen and oxygen atoms in total. The molecule has 134 valence electrons. The second kappa shape index (κ2) is 19.0. The lowest BCUT2D eigenvalue weighted by Crippen LogP contribution is -1.95. The standard InChI is InChI=1S/C22H46/c1-4-6-8-10-12-13-14-15-17-19-21-22(3)20-18-16-11-9-7-5-2/h22H,4-21H2,1-3H3. The van der Waals surface area contributed by atoms with Crippen molar-refractivity contribution < 1.29 is 0 Å². The lowest BCUT2D eigenvalue weighted by Gasteiger charge is -2.11. The summed E-state index contributed by atoms with van der Waals surface area (Å²) in [7, 11) is 0. The topological polar surface area (TPSA) is 0 Å². The Bertz CT molecular complexity index is 184. The van der Waals surface area contributed by atoms with Crippen LogP contribution in [0.3, 0.4) is 0 Å². The molecule has 0 rings (SSSR count). The van der Waals surface area contributed by atoms with Crippen molar-refractivity contribution in [2.24, 2.45) is 5.92 Å². The zero-order valence-corrected chi connectivity index (χ0v) is 16.3. The molecule has 0 bridgehead atoms. The number of hydrogen-bond donors (Lipinski definition) is 0. The van der Waals surface area contributed by atoms with Crippen molar-refractivity contribution in [3.05, 3.63) is 0 Å². The van der Waals surface area contributed by atoms with Gasteiger partial charge in [-0.2, -0.15) is 0 Å². The van der Waals surface area contributed by atoms with Crippen LogP contribution in [0.2, 0.25) is 0 Å². The first-order valence-corrected chi connectivity index (χ1v) is 10.8. The summed E-state index contributed by atoms with van der Waals surface area (Å²) >= 11 is 0. The van der Waals surface area contributed by atoms with Gasteiger partial charge in [-0.1, -0.05) is 136 Å². The first kappa shape index (κ1) is 22.0. The maximum absolute atomic E-state index is 2.47. The van der Waals surface area contributed by atoms with E-state index in [9.17, 15) is 0 Å². The SMILES string of the molecule is CCCCCCCCCCCCC(C)CCCCCCCC. The summed E-state index contributed by atoms with van der Waals surface area (Å²) in [6.07, 6.45) is 26.3. The fourth-order valence-electron chi connectivity index (χ4n) is 3.40. The predicted octanol–water partition coefficient (Wildman–Crippen LogP) is 8.68. The zero-order valence-electron chi connectivity index (χ0n) is 16.3. The van der Waals surface area contributed by atoms with E-state index in [1.165, 1.54) is 116 Å². The van der Waals surface area contributed by atoms with E-state index in [0.29, 0.717) is 0 Å². The average molecular weight is 311 g/mol. The molecule has 0 heteroatoms. The van der Waals surface area contributed by atoms with Gasteiger partial charge in [-0.3, -0.25) is 0 Å². The Balaban J connectivity index is 3.10. The normalized spacial score (nSPS) is 12.7. The van der Waals surface area contributed by atoms with Crippen LogP contribution in [0, 0.1) is 5.92 Å². The molecule has 0 amide bonds. The molecule has 0 saturated carbocycles. The van der Waals surface area contributed by atoms with E-state index in [4.69, 9.17) is 0 Å². The summed E-state index contributed by atoms with van der Waals surface area (Å²) < 4.78 is 0. The van der Waals surface area contributed by atoms with Crippen molar-refractivity contribution in [3.8, 4) is 0 Å². The van der Waals surface area contributed by atoms with Crippen molar-refractivity contribution in [1.82, 2.24) is 0 Å². The van der Waals surface area contributed by atoms with Crippen LogP contribution in [0.1, 0.15) is 136 Å². The van der Waals surface area contributed by atoms with Crippen LogP contribution in [-0.4, -0.2) is 0 Å². The van der Waals surface area contributed by atoms with E-state index in [1.807, 2.05) is 0 Å². The molecular formula is C22H46. The van der Waals surface area contributed by atoms with Gasteiger partial charge in [0, 0.05) is 0 Å². The van der Waals surface area contributed by atoms with Crippen LogP contribution < -0.4 is 0 Å².